The Labute approximate surface area is 161 Å². The van der Waals surface area contributed by atoms with Gasteiger partial charge in [-0.1, -0.05) is 18.6 Å². The lowest BCUT2D eigenvalue weighted by atomic mass is 10.0. The topological polar surface area (TPSA) is 69.3 Å². The molecule has 6 heteroatoms. The number of carbonyl (C=O) groups excluding carboxylic acids is 1. The molecule has 1 fully saturated rings. The van der Waals surface area contributed by atoms with Gasteiger partial charge in [0.25, 0.3) is 0 Å². The van der Waals surface area contributed by atoms with Gasteiger partial charge in [0.15, 0.2) is 0 Å². The van der Waals surface area contributed by atoms with Gasteiger partial charge in [-0.3, -0.25) is 9.88 Å². The lowest BCUT2D eigenvalue weighted by Gasteiger charge is -2.33. The molecule has 0 unspecified atom stereocenters. The minimum absolute atomic E-state index is 0.188. The number of piperidine rings is 1. The van der Waals surface area contributed by atoms with Crippen LogP contribution in [0, 0.1) is 0 Å². The molecule has 1 saturated heterocycles. The molecule has 2 aromatic rings. The van der Waals surface area contributed by atoms with Crippen molar-refractivity contribution in [3.63, 3.8) is 0 Å². The van der Waals surface area contributed by atoms with Gasteiger partial charge < -0.3 is 16.0 Å². The zero-order valence-electron chi connectivity index (χ0n) is 15.9. The van der Waals surface area contributed by atoms with Crippen LogP contribution in [0.1, 0.15) is 31.7 Å². The van der Waals surface area contributed by atoms with E-state index in [9.17, 15) is 4.79 Å². The van der Waals surface area contributed by atoms with Gasteiger partial charge in [0.1, 0.15) is 0 Å². The van der Waals surface area contributed by atoms with Crippen molar-refractivity contribution in [2.24, 2.45) is 0 Å². The lowest BCUT2D eigenvalue weighted by Crippen LogP contribution is -2.36. The third-order valence-electron chi connectivity index (χ3n) is 4.91. The largest absolute Gasteiger partial charge is 0.382 e. The van der Waals surface area contributed by atoms with Crippen molar-refractivity contribution in [1.82, 2.24) is 15.2 Å². The summed E-state index contributed by atoms with van der Waals surface area (Å²) in [5.41, 5.74) is 3.01. The first-order chi connectivity index (χ1) is 13.2. The normalized spacial score (nSPS) is 17.3. The number of nitrogens with one attached hydrogen (secondary N) is 3. The summed E-state index contributed by atoms with van der Waals surface area (Å²) in [7, 11) is 0. The molecule has 0 radical (unpaired) electrons. The van der Waals surface area contributed by atoms with Crippen molar-refractivity contribution in [2.45, 2.75) is 38.8 Å². The number of benzene rings is 1. The fourth-order valence-electron chi connectivity index (χ4n) is 3.40. The zero-order chi connectivity index (χ0) is 18.9. The van der Waals surface area contributed by atoms with Crippen molar-refractivity contribution in [3.8, 4) is 0 Å². The molecule has 3 rings (SSSR count). The van der Waals surface area contributed by atoms with Crippen LogP contribution in [-0.2, 0) is 6.54 Å². The third kappa shape index (κ3) is 6.25. The van der Waals surface area contributed by atoms with Crippen molar-refractivity contribution in [3.05, 3.63) is 54.4 Å². The highest BCUT2D eigenvalue weighted by molar-refractivity contribution is 5.89. The predicted octanol–water partition coefficient (Wildman–Crippen LogP) is 3.69. The highest BCUT2D eigenvalue weighted by Crippen LogP contribution is 2.20. The maximum absolute atomic E-state index is 12.1. The number of hydrogen-bond acceptors (Lipinski definition) is 4. The van der Waals surface area contributed by atoms with Crippen molar-refractivity contribution < 1.29 is 4.79 Å². The average Bonchev–Trinajstić information content (AvgIpc) is 2.68. The Kier molecular flexibility index (Phi) is 7.04. The van der Waals surface area contributed by atoms with Crippen molar-refractivity contribution >= 4 is 17.4 Å². The molecule has 0 bridgehead atoms. The predicted molar refractivity (Wildman–Crippen MR) is 110 cm³/mol. The molecule has 0 spiro atoms. The molecule has 2 amide bonds. The molecule has 27 heavy (non-hydrogen) atoms. The van der Waals surface area contributed by atoms with Gasteiger partial charge in [0, 0.05) is 43.8 Å². The minimum Gasteiger partial charge on any atom is -0.382 e. The fraction of sp³-hybridized carbons (Fsp3) is 0.429. The van der Waals surface area contributed by atoms with E-state index >= 15 is 0 Å². The maximum atomic E-state index is 12.1. The Morgan fingerprint density at radius 3 is 2.89 bits per heavy atom. The number of urea groups is 1. The van der Waals surface area contributed by atoms with Gasteiger partial charge in [0.2, 0.25) is 0 Å². The Morgan fingerprint density at radius 2 is 2.07 bits per heavy atom. The SMILES string of the molecule is C[C@H]1CCCCN1Cc1cccc(NC(=O)NCCNc2cccnc2)c1. The first-order valence-corrected chi connectivity index (χ1v) is 9.72. The van der Waals surface area contributed by atoms with Crippen LogP contribution >= 0.6 is 0 Å². The summed E-state index contributed by atoms with van der Waals surface area (Å²) in [6, 6.07) is 12.4. The highest BCUT2D eigenvalue weighted by Gasteiger charge is 2.18. The van der Waals surface area contributed by atoms with E-state index in [1.807, 2.05) is 24.3 Å². The number of hydrogen-bond donors (Lipinski definition) is 3. The van der Waals surface area contributed by atoms with Gasteiger partial charge in [-0.2, -0.15) is 0 Å². The molecule has 3 N–H and O–H groups in total. The molecule has 2 heterocycles. The molecule has 144 valence electrons. The van der Waals surface area contributed by atoms with Crippen LogP contribution in [0.4, 0.5) is 16.2 Å². The van der Waals surface area contributed by atoms with Crippen molar-refractivity contribution in [1.29, 1.82) is 0 Å². The van der Waals surface area contributed by atoms with Crippen LogP contribution in [-0.4, -0.2) is 41.6 Å². The van der Waals surface area contributed by atoms with Crippen LogP contribution in [0.2, 0.25) is 0 Å². The molecule has 1 atom stereocenters. The van der Waals surface area contributed by atoms with E-state index in [4.69, 9.17) is 0 Å². The Balaban J connectivity index is 1.42. The molecule has 1 aromatic carbocycles. The van der Waals surface area contributed by atoms with Crippen LogP contribution in [0.15, 0.2) is 48.8 Å². The van der Waals surface area contributed by atoms with Gasteiger partial charge in [-0.05, 0) is 56.1 Å². The van der Waals surface area contributed by atoms with E-state index in [2.05, 4.69) is 44.9 Å². The van der Waals surface area contributed by atoms with Gasteiger partial charge >= 0.3 is 6.03 Å². The number of anilines is 2. The fourth-order valence-corrected chi connectivity index (χ4v) is 3.40. The number of nitrogens with zero attached hydrogens (tertiary/aromatic N) is 2. The summed E-state index contributed by atoms with van der Waals surface area (Å²) in [6.07, 6.45) is 7.37. The summed E-state index contributed by atoms with van der Waals surface area (Å²) in [6.45, 7) is 5.57. The smallest absolute Gasteiger partial charge is 0.319 e. The standard InChI is InChI=1S/C21H29N5O/c1-17-6-2-3-13-26(17)16-18-7-4-8-19(14-18)25-21(27)24-12-11-23-20-9-5-10-22-15-20/h4-5,7-10,14-15,17,23H,2-3,6,11-13,16H2,1H3,(H2,24,25,27)/t17-/m0/s1. The molecule has 1 aromatic heterocycles. The maximum Gasteiger partial charge on any atom is 0.319 e. The average molecular weight is 367 g/mol. The second-order valence-corrected chi connectivity index (χ2v) is 7.07. The van der Waals surface area contributed by atoms with E-state index in [1.54, 1.807) is 12.4 Å². The van der Waals surface area contributed by atoms with Crippen LogP contribution in [0.3, 0.4) is 0 Å². The summed E-state index contributed by atoms with van der Waals surface area (Å²) in [5.74, 6) is 0. The molecule has 0 aliphatic carbocycles. The molecule has 1 aliphatic rings. The summed E-state index contributed by atoms with van der Waals surface area (Å²) < 4.78 is 0. The molecule has 6 nitrogen and oxygen atoms in total. The number of carbonyl (C=O) groups is 1. The number of aromatic nitrogens is 1. The Morgan fingerprint density at radius 1 is 1.19 bits per heavy atom. The number of rotatable bonds is 7. The second kappa shape index (κ2) is 9.92. The zero-order valence-corrected chi connectivity index (χ0v) is 15.9. The van der Waals surface area contributed by atoms with Gasteiger partial charge in [0.05, 0.1) is 5.69 Å². The third-order valence-corrected chi connectivity index (χ3v) is 4.91. The Bertz CT molecular complexity index is 722. The van der Waals surface area contributed by atoms with Crippen LogP contribution < -0.4 is 16.0 Å². The monoisotopic (exact) mass is 367 g/mol. The second-order valence-electron chi connectivity index (χ2n) is 7.07. The number of amides is 2. The first-order valence-electron chi connectivity index (χ1n) is 9.72. The number of likely N-dealkylation sites (tertiary alicyclic amines) is 1. The molecular weight excluding hydrogens is 338 g/mol. The highest BCUT2D eigenvalue weighted by atomic mass is 16.2. The van der Waals surface area contributed by atoms with E-state index in [1.165, 1.54) is 24.8 Å². The van der Waals surface area contributed by atoms with Gasteiger partial charge in [-0.15, -0.1) is 0 Å². The summed E-state index contributed by atoms with van der Waals surface area (Å²) >= 11 is 0. The van der Waals surface area contributed by atoms with E-state index < -0.39 is 0 Å². The molecule has 0 saturated carbocycles. The summed E-state index contributed by atoms with van der Waals surface area (Å²) in [5, 5.41) is 9.00. The van der Waals surface area contributed by atoms with Crippen LogP contribution in [0.5, 0.6) is 0 Å². The number of pyridine rings is 1. The molecule has 1 aliphatic heterocycles. The molecular formula is C21H29N5O. The van der Waals surface area contributed by atoms with E-state index in [0.717, 1.165) is 24.5 Å². The summed E-state index contributed by atoms with van der Waals surface area (Å²) in [4.78, 5) is 18.7. The quantitative estimate of drug-likeness (QED) is 0.653. The Hall–Kier alpha value is -2.60. The van der Waals surface area contributed by atoms with Crippen LogP contribution in [0.25, 0.3) is 0 Å². The van der Waals surface area contributed by atoms with E-state index in [-0.39, 0.29) is 6.03 Å². The van der Waals surface area contributed by atoms with Crippen molar-refractivity contribution in [2.75, 3.05) is 30.3 Å². The van der Waals surface area contributed by atoms with Gasteiger partial charge in [-0.25, -0.2) is 4.79 Å². The lowest BCUT2D eigenvalue weighted by molar-refractivity contribution is 0.152. The first kappa shape index (κ1) is 19.2. The minimum atomic E-state index is -0.188. The van der Waals surface area contributed by atoms with E-state index in [0.29, 0.717) is 19.1 Å².